The van der Waals surface area contributed by atoms with E-state index in [1.54, 1.807) is 12.3 Å². The third kappa shape index (κ3) is 3.89. The first kappa shape index (κ1) is 8.95. The smallest absolute Gasteiger partial charge is 0.116 e. The van der Waals surface area contributed by atoms with Crippen molar-refractivity contribution >= 4 is 6.72 Å². The standard InChI is InChI=1S/C8H13NO/c1-4-8(10-5-2)6-7-9-3/h4,6-7H,3,5H2,1-2H3/b7-6-,8-4+. The molecule has 0 fully saturated rings. The van der Waals surface area contributed by atoms with Crippen molar-refractivity contribution in [2.75, 3.05) is 6.61 Å². The van der Waals surface area contributed by atoms with Gasteiger partial charge in [0.25, 0.3) is 0 Å². The van der Waals surface area contributed by atoms with Crippen molar-refractivity contribution in [3.05, 3.63) is 24.1 Å². The molecule has 0 saturated heterocycles. The molecule has 0 aliphatic rings. The zero-order valence-electron chi connectivity index (χ0n) is 6.50. The summed E-state index contributed by atoms with van der Waals surface area (Å²) in [5, 5.41) is 0. The van der Waals surface area contributed by atoms with Crippen LogP contribution in [0.1, 0.15) is 13.8 Å². The van der Waals surface area contributed by atoms with Gasteiger partial charge in [-0.25, -0.2) is 0 Å². The monoisotopic (exact) mass is 139 g/mol. The van der Waals surface area contributed by atoms with Crippen LogP contribution >= 0.6 is 0 Å². The Balaban J connectivity index is 3.84. The third-order valence-corrected chi connectivity index (χ3v) is 0.940. The molecule has 0 aromatic carbocycles. The number of hydrogen-bond donors (Lipinski definition) is 0. The third-order valence-electron chi connectivity index (χ3n) is 0.940. The highest BCUT2D eigenvalue weighted by molar-refractivity contribution is 5.26. The molecule has 0 aliphatic carbocycles. The number of nitrogens with zero attached hydrogens (tertiary/aromatic N) is 1. The average Bonchev–Trinajstić information content (AvgIpc) is 1.98. The fourth-order valence-corrected chi connectivity index (χ4v) is 0.521. The van der Waals surface area contributed by atoms with E-state index >= 15 is 0 Å². The molecule has 2 heteroatoms. The van der Waals surface area contributed by atoms with Crippen LogP contribution in [0.4, 0.5) is 0 Å². The molecule has 0 aromatic heterocycles. The molecule has 56 valence electrons. The molecule has 0 rings (SSSR count). The van der Waals surface area contributed by atoms with Crippen LogP contribution in [0.25, 0.3) is 0 Å². The Hall–Kier alpha value is -1.05. The van der Waals surface area contributed by atoms with Gasteiger partial charge in [0.05, 0.1) is 6.61 Å². The Kier molecular flexibility index (Phi) is 5.44. The minimum absolute atomic E-state index is 0.682. The molecule has 0 spiro atoms. The summed E-state index contributed by atoms with van der Waals surface area (Å²) in [4.78, 5) is 3.55. The maximum absolute atomic E-state index is 5.18. The van der Waals surface area contributed by atoms with Crippen molar-refractivity contribution in [2.45, 2.75) is 13.8 Å². The lowest BCUT2D eigenvalue weighted by molar-refractivity contribution is 0.242. The second-order valence-electron chi connectivity index (χ2n) is 1.62. The predicted molar refractivity (Wildman–Crippen MR) is 44.1 cm³/mol. The lowest BCUT2D eigenvalue weighted by atomic mass is 10.4. The summed E-state index contributed by atoms with van der Waals surface area (Å²) in [6.45, 7) is 7.85. The number of aliphatic imine (C=N–C) groups is 1. The Morgan fingerprint density at radius 2 is 2.40 bits per heavy atom. The summed E-state index contributed by atoms with van der Waals surface area (Å²) in [6, 6.07) is 0. The normalized spacial score (nSPS) is 12.0. The van der Waals surface area contributed by atoms with Gasteiger partial charge in [-0.3, -0.25) is 4.99 Å². The van der Waals surface area contributed by atoms with E-state index in [1.807, 2.05) is 19.9 Å². The zero-order valence-corrected chi connectivity index (χ0v) is 6.50. The van der Waals surface area contributed by atoms with E-state index in [9.17, 15) is 0 Å². The first-order chi connectivity index (χ1) is 4.85. The fourth-order valence-electron chi connectivity index (χ4n) is 0.521. The summed E-state index contributed by atoms with van der Waals surface area (Å²) >= 11 is 0. The molecule has 0 saturated carbocycles. The van der Waals surface area contributed by atoms with Gasteiger partial charge in [-0.1, -0.05) is 0 Å². The van der Waals surface area contributed by atoms with E-state index in [0.29, 0.717) is 6.61 Å². The van der Waals surface area contributed by atoms with Gasteiger partial charge in [0, 0.05) is 6.20 Å². The van der Waals surface area contributed by atoms with Crippen LogP contribution in [-0.2, 0) is 4.74 Å². The summed E-state index contributed by atoms with van der Waals surface area (Å²) in [5.74, 6) is 0.829. The van der Waals surface area contributed by atoms with Crippen LogP contribution in [0.2, 0.25) is 0 Å². The largest absolute Gasteiger partial charge is 0.494 e. The topological polar surface area (TPSA) is 21.6 Å². The molecule has 0 aliphatic heterocycles. The summed E-state index contributed by atoms with van der Waals surface area (Å²) in [6.07, 6.45) is 5.26. The predicted octanol–water partition coefficient (Wildman–Crippen LogP) is 2.14. The van der Waals surface area contributed by atoms with Gasteiger partial charge in [0.1, 0.15) is 5.76 Å². The van der Waals surface area contributed by atoms with E-state index in [1.165, 1.54) is 0 Å². The van der Waals surface area contributed by atoms with Crippen LogP contribution < -0.4 is 0 Å². The Labute approximate surface area is 61.9 Å². The molecule has 0 heterocycles. The van der Waals surface area contributed by atoms with E-state index in [0.717, 1.165) is 5.76 Å². The van der Waals surface area contributed by atoms with Crippen molar-refractivity contribution in [3.63, 3.8) is 0 Å². The van der Waals surface area contributed by atoms with E-state index in [-0.39, 0.29) is 0 Å². The van der Waals surface area contributed by atoms with Crippen LogP contribution in [-0.4, -0.2) is 13.3 Å². The number of hydrogen-bond acceptors (Lipinski definition) is 2. The fraction of sp³-hybridized carbons (Fsp3) is 0.375. The summed E-state index contributed by atoms with van der Waals surface area (Å²) in [5.41, 5.74) is 0. The highest BCUT2D eigenvalue weighted by Gasteiger charge is 1.84. The van der Waals surface area contributed by atoms with Gasteiger partial charge >= 0.3 is 0 Å². The van der Waals surface area contributed by atoms with E-state index < -0.39 is 0 Å². The van der Waals surface area contributed by atoms with Crippen molar-refractivity contribution in [2.24, 2.45) is 4.99 Å². The molecule has 0 atom stereocenters. The van der Waals surface area contributed by atoms with Gasteiger partial charge in [-0.15, -0.1) is 0 Å². The number of rotatable bonds is 4. The first-order valence-electron chi connectivity index (χ1n) is 3.26. The zero-order chi connectivity index (χ0) is 7.82. The second kappa shape index (κ2) is 6.08. The Morgan fingerprint density at radius 1 is 1.70 bits per heavy atom. The molecule has 0 N–H and O–H groups in total. The van der Waals surface area contributed by atoms with Crippen LogP contribution in [0, 0.1) is 0 Å². The van der Waals surface area contributed by atoms with Crippen molar-refractivity contribution in [1.29, 1.82) is 0 Å². The lowest BCUT2D eigenvalue weighted by Gasteiger charge is -2.00. The number of allylic oxidation sites excluding steroid dienone is 2. The maximum Gasteiger partial charge on any atom is 0.116 e. The SMILES string of the molecule is C=N/C=C\C(=C/C)OCC. The van der Waals surface area contributed by atoms with Crippen LogP contribution in [0.15, 0.2) is 29.1 Å². The highest BCUT2D eigenvalue weighted by Crippen LogP contribution is 1.98. The average molecular weight is 139 g/mol. The van der Waals surface area contributed by atoms with Crippen LogP contribution in [0.3, 0.4) is 0 Å². The van der Waals surface area contributed by atoms with Crippen LogP contribution in [0.5, 0.6) is 0 Å². The molecule has 0 amide bonds. The van der Waals surface area contributed by atoms with Gasteiger partial charge in [-0.2, -0.15) is 0 Å². The van der Waals surface area contributed by atoms with Crippen molar-refractivity contribution < 1.29 is 4.74 Å². The molecular weight excluding hydrogens is 126 g/mol. The summed E-state index contributed by atoms with van der Waals surface area (Å²) < 4.78 is 5.18. The maximum atomic E-state index is 5.18. The number of ether oxygens (including phenoxy) is 1. The second-order valence-corrected chi connectivity index (χ2v) is 1.62. The van der Waals surface area contributed by atoms with Gasteiger partial charge in [0.15, 0.2) is 0 Å². The molecule has 0 aromatic rings. The van der Waals surface area contributed by atoms with Crippen molar-refractivity contribution in [1.82, 2.24) is 0 Å². The molecule has 0 bridgehead atoms. The van der Waals surface area contributed by atoms with E-state index in [4.69, 9.17) is 4.74 Å². The molecule has 2 nitrogen and oxygen atoms in total. The first-order valence-corrected chi connectivity index (χ1v) is 3.26. The minimum atomic E-state index is 0.682. The van der Waals surface area contributed by atoms with Gasteiger partial charge in [0.2, 0.25) is 0 Å². The van der Waals surface area contributed by atoms with E-state index in [2.05, 4.69) is 11.7 Å². The molecular formula is C8H13NO. The Morgan fingerprint density at radius 3 is 2.80 bits per heavy atom. The summed E-state index contributed by atoms with van der Waals surface area (Å²) in [7, 11) is 0. The molecule has 10 heavy (non-hydrogen) atoms. The molecule has 0 radical (unpaired) electrons. The highest BCUT2D eigenvalue weighted by atomic mass is 16.5. The lowest BCUT2D eigenvalue weighted by Crippen LogP contribution is -1.86. The molecule has 0 unspecified atom stereocenters. The van der Waals surface area contributed by atoms with Gasteiger partial charge < -0.3 is 4.74 Å². The Bertz CT molecular complexity index is 147. The van der Waals surface area contributed by atoms with Gasteiger partial charge in [-0.05, 0) is 32.7 Å². The quantitative estimate of drug-likeness (QED) is 0.332. The van der Waals surface area contributed by atoms with Crippen molar-refractivity contribution in [3.8, 4) is 0 Å². The minimum Gasteiger partial charge on any atom is -0.494 e.